The van der Waals surface area contributed by atoms with Crippen molar-refractivity contribution in [3.8, 4) is 0 Å². The molecule has 1 aromatic rings. The van der Waals surface area contributed by atoms with E-state index in [1.807, 2.05) is 0 Å². The fourth-order valence-electron chi connectivity index (χ4n) is 2.10. The average molecular weight is 438 g/mol. The lowest BCUT2D eigenvalue weighted by Crippen LogP contribution is -2.38. The van der Waals surface area contributed by atoms with Crippen LogP contribution in [-0.2, 0) is 6.54 Å². The Hall–Kier alpha value is -0.340. The third-order valence-electron chi connectivity index (χ3n) is 3.43. The molecule has 0 saturated carbocycles. The van der Waals surface area contributed by atoms with Gasteiger partial charge in [0.25, 0.3) is 0 Å². The summed E-state index contributed by atoms with van der Waals surface area (Å²) < 4.78 is 0. The second-order valence-corrected chi connectivity index (χ2v) is 5.77. The molecule has 0 aliphatic carbocycles. The standard InChI is InChI=1S/C16H30N4S.HI/c1-4-17-16(19-13-15-9-12-21-14-15)18-10-7-8-11-20(5-2)6-3;/h9,12,14H,4-8,10-11,13H2,1-3H3,(H2,17,18,19);1H. The quantitative estimate of drug-likeness (QED) is 0.254. The van der Waals surface area contributed by atoms with Gasteiger partial charge in [0.15, 0.2) is 5.96 Å². The van der Waals surface area contributed by atoms with Crippen molar-refractivity contribution in [3.63, 3.8) is 0 Å². The summed E-state index contributed by atoms with van der Waals surface area (Å²) in [6.07, 6.45) is 2.41. The molecule has 0 fully saturated rings. The fourth-order valence-corrected chi connectivity index (χ4v) is 2.76. The minimum Gasteiger partial charge on any atom is -0.357 e. The number of thiophene rings is 1. The van der Waals surface area contributed by atoms with Gasteiger partial charge in [0, 0.05) is 13.1 Å². The number of hydrogen-bond acceptors (Lipinski definition) is 3. The van der Waals surface area contributed by atoms with Crippen LogP contribution in [0.15, 0.2) is 21.8 Å². The van der Waals surface area contributed by atoms with Crippen molar-refractivity contribution in [2.75, 3.05) is 32.7 Å². The van der Waals surface area contributed by atoms with Crippen molar-refractivity contribution in [1.82, 2.24) is 15.5 Å². The van der Waals surface area contributed by atoms with E-state index in [1.54, 1.807) is 11.3 Å². The van der Waals surface area contributed by atoms with Crippen LogP contribution in [0.5, 0.6) is 0 Å². The van der Waals surface area contributed by atoms with Gasteiger partial charge in [0.05, 0.1) is 6.54 Å². The Balaban J connectivity index is 0.00000441. The Labute approximate surface area is 156 Å². The van der Waals surface area contributed by atoms with Crippen LogP contribution in [0.4, 0.5) is 0 Å². The third-order valence-corrected chi connectivity index (χ3v) is 4.16. The number of hydrogen-bond donors (Lipinski definition) is 2. The molecular formula is C16H31IN4S. The van der Waals surface area contributed by atoms with Gasteiger partial charge in [-0.3, -0.25) is 0 Å². The van der Waals surface area contributed by atoms with Gasteiger partial charge in [-0.15, -0.1) is 24.0 Å². The van der Waals surface area contributed by atoms with E-state index in [-0.39, 0.29) is 24.0 Å². The molecule has 0 radical (unpaired) electrons. The molecule has 22 heavy (non-hydrogen) atoms. The van der Waals surface area contributed by atoms with Crippen molar-refractivity contribution < 1.29 is 0 Å². The van der Waals surface area contributed by atoms with Crippen molar-refractivity contribution >= 4 is 41.3 Å². The zero-order valence-electron chi connectivity index (χ0n) is 14.1. The average Bonchev–Trinajstić information content (AvgIpc) is 3.01. The summed E-state index contributed by atoms with van der Waals surface area (Å²) in [6, 6.07) is 2.13. The lowest BCUT2D eigenvalue weighted by molar-refractivity contribution is 0.297. The molecule has 4 nitrogen and oxygen atoms in total. The van der Waals surface area contributed by atoms with Crippen LogP contribution >= 0.6 is 35.3 Å². The van der Waals surface area contributed by atoms with Gasteiger partial charge in [-0.05, 0) is 61.8 Å². The van der Waals surface area contributed by atoms with E-state index in [4.69, 9.17) is 0 Å². The van der Waals surface area contributed by atoms with Crippen LogP contribution in [0.3, 0.4) is 0 Å². The molecule has 0 unspecified atom stereocenters. The summed E-state index contributed by atoms with van der Waals surface area (Å²) >= 11 is 1.72. The zero-order valence-corrected chi connectivity index (χ0v) is 17.2. The molecule has 2 N–H and O–H groups in total. The molecule has 0 spiro atoms. The summed E-state index contributed by atoms with van der Waals surface area (Å²) in [4.78, 5) is 7.08. The van der Waals surface area contributed by atoms with Gasteiger partial charge in [0.2, 0.25) is 0 Å². The molecular weight excluding hydrogens is 407 g/mol. The summed E-state index contributed by atoms with van der Waals surface area (Å²) in [6.45, 7) is 12.7. The molecule has 0 amide bonds. The number of nitrogens with one attached hydrogen (secondary N) is 2. The van der Waals surface area contributed by atoms with Crippen molar-refractivity contribution in [3.05, 3.63) is 22.4 Å². The maximum atomic E-state index is 4.61. The summed E-state index contributed by atoms with van der Waals surface area (Å²) in [5.74, 6) is 0.923. The number of halogens is 1. The second-order valence-electron chi connectivity index (χ2n) is 4.99. The third kappa shape index (κ3) is 9.63. The smallest absolute Gasteiger partial charge is 0.191 e. The van der Waals surface area contributed by atoms with Crippen molar-refractivity contribution in [2.45, 2.75) is 40.2 Å². The predicted molar refractivity (Wildman–Crippen MR) is 110 cm³/mol. The maximum absolute atomic E-state index is 4.61. The molecule has 6 heteroatoms. The van der Waals surface area contributed by atoms with Crippen LogP contribution in [0, 0.1) is 0 Å². The molecule has 1 aromatic heterocycles. The highest BCUT2D eigenvalue weighted by atomic mass is 127. The first-order valence-corrected chi connectivity index (χ1v) is 9.00. The molecule has 0 aliphatic rings. The Morgan fingerprint density at radius 3 is 2.55 bits per heavy atom. The van der Waals surface area contributed by atoms with E-state index < -0.39 is 0 Å². The van der Waals surface area contributed by atoms with Crippen molar-refractivity contribution in [1.29, 1.82) is 0 Å². The Morgan fingerprint density at radius 2 is 1.95 bits per heavy atom. The molecule has 128 valence electrons. The highest BCUT2D eigenvalue weighted by Gasteiger charge is 2.00. The number of unbranched alkanes of at least 4 members (excludes halogenated alkanes) is 1. The van der Waals surface area contributed by atoms with Crippen LogP contribution < -0.4 is 10.6 Å². The van der Waals surface area contributed by atoms with Gasteiger partial charge in [-0.1, -0.05) is 13.8 Å². The number of guanidine groups is 1. The van der Waals surface area contributed by atoms with E-state index in [9.17, 15) is 0 Å². The topological polar surface area (TPSA) is 39.7 Å². The highest BCUT2D eigenvalue weighted by Crippen LogP contribution is 2.06. The maximum Gasteiger partial charge on any atom is 0.191 e. The van der Waals surface area contributed by atoms with Gasteiger partial charge < -0.3 is 15.5 Å². The summed E-state index contributed by atoms with van der Waals surface area (Å²) in [5, 5.41) is 11.0. The Morgan fingerprint density at radius 1 is 1.18 bits per heavy atom. The van der Waals surface area contributed by atoms with E-state index in [0.29, 0.717) is 0 Å². The Kier molecular flexibility index (Phi) is 14.0. The first-order chi connectivity index (χ1) is 10.3. The lowest BCUT2D eigenvalue weighted by Gasteiger charge is -2.18. The molecule has 1 heterocycles. The molecule has 0 atom stereocenters. The van der Waals surface area contributed by atoms with Gasteiger partial charge in [-0.2, -0.15) is 11.3 Å². The zero-order chi connectivity index (χ0) is 15.3. The first kappa shape index (κ1) is 21.7. The van der Waals surface area contributed by atoms with Gasteiger partial charge in [0.1, 0.15) is 0 Å². The van der Waals surface area contributed by atoms with E-state index >= 15 is 0 Å². The molecule has 0 bridgehead atoms. The molecule has 0 aromatic carbocycles. The molecule has 0 aliphatic heterocycles. The SMILES string of the molecule is CCNC(=NCc1ccsc1)NCCCCN(CC)CC.I. The summed E-state index contributed by atoms with van der Waals surface area (Å²) in [7, 11) is 0. The monoisotopic (exact) mass is 438 g/mol. The largest absolute Gasteiger partial charge is 0.357 e. The number of rotatable bonds is 10. The van der Waals surface area contributed by atoms with Crippen LogP contribution in [0.1, 0.15) is 39.2 Å². The Bertz CT molecular complexity index is 378. The number of aliphatic imine (C=N–C) groups is 1. The molecule has 0 saturated heterocycles. The van der Waals surface area contributed by atoms with E-state index in [2.05, 4.69) is 58.1 Å². The first-order valence-electron chi connectivity index (χ1n) is 8.05. The number of nitrogens with zero attached hydrogens (tertiary/aromatic N) is 2. The highest BCUT2D eigenvalue weighted by molar-refractivity contribution is 14.0. The van der Waals surface area contributed by atoms with Crippen molar-refractivity contribution in [2.24, 2.45) is 4.99 Å². The predicted octanol–water partition coefficient (Wildman–Crippen LogP) is 3.54. The second kappa shape index (κ2) is 14.3. The summed E-state index contributed by atoms with van der Waals surface area (Å²) in [5.41, 5.74) is 1.28. The fraction of sp³-hybridized carbons (Fsp3) is 0.688. The van der Waals surface area contributed by atoms with E-state index in [0.717, 1.165) is 38.7 Å². The van der Waals surface area contributed by atoms with Crippen LogP contribution in [0.2, 0.25) is 0 Å². The minimum absolute atomic E-state index is 0. The minimum atomic E-state index is 0. The van der Waals surface area contributed by atoms with Gasteiger partial charge >= 0.3 is 0 Å². The van der Waals surface area contributed by atoms with Gasteiger partial charge in [-0.25, -0.2) is 4.99 Å². The van der Waals surface area contributed by atoms with Crippen LogP contribution in [0.25, 0.3) is 0 Å². The normalized spacial score (nSPS) is 11.4. The lowest BCUT2D eigenvalue weighted by atomic mass is 10.3. The van der Waals surface area contributed by atoms with Crippen LogP contribution in [-0.4, -0.2) is 43.6 Å². The molecule has 1 rings (SSSR count). The van der Waals surface area contributed by atoms with E-state index in [1.165, 1.54) is 24.9 Å².